The average molecular weight is 439 g/mol. The van der Waals surface area contributed by atoms with Crippen molar-refractivity contribution in [1.29, 1.82) is 0 Å². The molecule has 0 amide bonds. The van der Waals surface area contributed by atoms with E-state index >= 15 is 0 Å². The quantitative estimate of drug-likeness (QED) is 0.332. The molecule has 2 aromatic carbocycles. The van der Waals surface area contributed by atoms with Crippen LogP contribution in [0.15, 0.2) is 73.3 Å². The van der Waals surface area contributed by atoms with Gasteiger partial charge in [-0.2, -0.15) is 0 Å². The number of hydrogen-bond acceptors (Lipinski definition) is 3. The summed E-state index contributed by atoms with van der Waals surface area (Å²) >= 11 is -2.07. The molecule has 152 valence electrons. The third-order valence-corrected chi connectivity index (χ3v) is 11.1. The Hall–Kier alpha value is -0.533. The van der Waals surface area contributed by atoms with E-state index in [1.165, 1.54) is 10.4 Å². The van der Waals surface area contributed by atoms with E-state index in [1.807, 2.05) is 25.1 Å². The van der Waals surface area contributed by atoms with Crippen LogP contribution in [0.5, 0.6) is 0 Å². The first kappa shape index (κ1) is 26.5. The molecule has 1 unspecified atom stereocenters. The van der Waals surface area contributed by atoms with Gasteiger partial charge in [0.1, 0.15) is 0 Å². The largest absolute Gasteiger partial charge is 1.00 e. The minimum atomic E-state index is -2.62. The van der Waals surface area contributed by atoms with Gasteiger partial charge >= 0.3 is 29.6 Å². The molecular weight excluding hydrogens is 407 g/mol. The second-order valence-electron chi connectivity index (χ2n) is 8.32. The van der Waals surface area contributed by atoms with Crippen LogP contribution < -0.4 is 39.9 Å². The van der Waals surface area contributed by atoms with Gasteiger partial charge in [-0.1, -0.05) is 106 Å². The monoisotopic (exact) mass is 438 g/mol. The maximum absolute atomic E-state index is 11.2. The topological polar surface area (TPSA) is 49.4 Å². The Balaban J connectivity index is 0.00000420. The molecule has 3 nitrogen and oxygen atoms in total. The zero-order valence-electron chi connectivity index (χ0n) is 18.3. The van der Waals surface area contributed by atoms with Gasteiger partial charge in [0.05, 0.1) is 0 Å². The van der Waals surface area contributed by atoms with E-state index in [0.29, 0.717) is 6.61 Å². The summed E-state index contributed by atoms with van der Waals surface area (Å²) in [5.41, 5.74) is 0. The fraction of sp³-hybridized carbons (Fsp3) is 0.391. The van der Waals surface area contributed by atoms with Gasteiger partial charge in [-0.15, -0.1) is 6.58 Å². The van der Waals surface area contributed by atoms with Crippen molar-refractivity contribution < 1.29 is 42.7 Å². The fourth-order valence-electron chi connectivity index (χ4n) is 3.79. The second kappa shape index (κ2) is 11.7. The maximum Gasteiger partial charge on any atom is 1.00 e. The van der Waals surface area contributed by atoms with E-state index in [9.17, 15) is 8.76 Å². The van der Waals surface area contributed by atoms with Crippen molar-refractivity contribution in [2.75, 3.05) is 12.4 Å². The normalized spacial score (nSPS) is 15.1. The predicted molar refractivity (Wildman–Crippen MR) is 120 cm³/mol. The van der Waals surface area contributed by atoms with E-state index < -0.39 is 19.4 Å². The van der Waals surface area contributed by atoms with Crippen LogP contribution in [0, 0.1) is 11.8 Å². The van der Waals surface area contributed by atoms with Gasteiger partial charge in [0.15, 0.2) is 0 Å². The SMILES string of the molecule is C=C[C@H](CO[Si](c1ccccc1)(c1ccccc1)C(C)(C)C)[C@H](C)CS(=O)[O-].[Na+]. The standard InChI is InChI=1S/C23H32O3SSi.Na/c1-6-20(19(2)18-27(24)25)17-26-28(23(3,4)5,21-13-9-7-10-14-21)22-15-11-8-12-16-22;/h6-16,19-20H,1,17-18H2,2-5H3,(H,24,25);/q;+1/p-1/t19-,20-;/m1./s1. The minimum Gasteiger partial charge on any atom is -0.772 e. The number of hydrogen-bond donors (Lipinski definition) is 0. The molecule has 0 saturated heterocycles. The molecule has 0 bridgehead atoms. The summed E-state index contributed by atoms with van der Waals surface area (Å²) in [5, 5.41) is 2.33. The first-order chi connectivity index (χ1) is 13.2. The van der Waals surface area contributed by atoms with Crippen LogP contribution >= 0.6 is 0 Å². The molecule has 0 heterocycles. The predicted octanol–water partition coefficient (Wildman–Crippen LogP) is 0.884. The molecule has 0 aromatic heterocycles. The first-order valence-electron chi connectivity index (χ1n) is 9.65. The molecule has 0 spiro atoms. The van der Waals surface area contributed by atoms with Gasteiger partial charge in [-0.3, -0.25) is 4.21 Å². The zero-order valence-corrected chi connectivity index (χ0v) is 22.1. The Labute approximate surface area is 201 Å². The molecule has 3 atom stereocenters. The van der Waals surface area contributed by atoms with E-state index in [4.69, 9.17) is 4.43 Å². The Morgan fingerprint density at radius 2 is 1.52 bits per heavy atom. The van der Waals surface area contributed by atoms with Crippen molar-refractivity contribution in [1.82, 2.24) is 0 Å². The molecule has 0 fully saturated rings. The molecule has 6 heteroatoms. The van der Waals surface area contributed by atoms with Crippen LogP contribution in [0.2, 0.25) is 5.04 Å². The second-order valence-corrected chi connectivity index (χ2v) is 13.6. The summed E-state index contributed by atoms with van der Waals surface area (Å²) in [6, 6.07) is 20.9. The summed E-state index contributed by atoms with van der Waals surface area (Å²) in [4.78, 5) is 0. The molecule has 0 radical (unpaired) electrons. The van der Waals surface area contributed by atoms with Gasteiger partial charge in [-0.25, -0.2) is 0 Å². The van der Waals surface area contributed by atoms with Crippen molar-refractivity contribution >= 4 is 29.8 Å². The van der Waals surface area contributed by atoms with Gasteiger partial charge < -0.3 is 8.98 Å². The zero-order chi connectivity index (χ0) is 20.8. The van der Waals surface area contributed by atoms with Crippen molar-refractivity contribution in [3.63, 3.8) is 0 Å². The van der Waals surface area contributed by atoms with Crippen LogP contribution in [0.1, 0.15) is 27.7 Å². The van der Waals surface area contributed by atoms with Crippen molar-refractivity contribution in [2.24, 2.45) is 11.8 Å². The number of benzene rings is 2. The van der Waals surface area contributed by atoms with E-state index in [0.717, 1.165) is 0 Å². The first-order valence-corrected chi connectivity index (χ1v) is 12.8. The Kier molecular flexibility index (Phi) is 10.7. The van der Waals surface area contributed by atoms with Gasteiger partial charge in [0.2, 0.25) is 0 Å². The van der Waals surface area contributed by atoms with Gasteiger partial charge in [-0.05, 0) is 21.3 Å². The minimum absolute atomic E-state index is 0. The molecule has 0 aliphatic rings. The summed E-state index contributed by atoms with van der Waals surface area (Å²) in [7, 11) is -2.62. The summed E-state index contributed by atoms with van der Waals surface area (Å²) in [6.07, 6.45) is 1.83. The molecule has 0 aliphatic heterocycles. The van der Waals surface area contributed by atoms with E-state index in [1.54, 1.807) is 0 Å². The molecule has 0 aliphatic carbocycles. The third kappa shape index (κ3) is 6.47. The summed E-state index contributed by atoms with van der Waals surface area (Å²) < 4.78 is 29.2. The van der Waals surface area contributed by atoms with Gasteiger partial charge in [0.25, 0.3) is 8.32 Å². The molecule has 0 saturated carbocycles. The van der Waals surface area contributed by atoms with Crippen molar-refractivity contribution in [3.05, 3.63) is 73.3 Å². The van der Waals surface area contributed by atoms with Crippen molar-refractivity contribution in [2.45, 2.75) is 32.7 Å². The third-order valence-electron chi connectivity index (χ3n) is 5.34. The van der Waals surface area contributed by atoms with E-state index in [2.05, 4.69) is 75.9 Å². The van der Waals surface area contributed by atoms with Gasteiger partial charge in [0, 0.05) is 18.3 Å². The molecular formula is C23H31NaO3SSi. The van der Waals surface area contributed by atoms with Crippen LogP contribution in [0.4, 0.5) is 0 Å². The number of rotatable bonds is 9. The van der Waals surface area contributed by atoms with Crippen LogP contribution in [0.3, 0.4) is 0 Å². The Morgan fingerprint density at radius 3 is 1.86 bits per heavy atom. The molecule has 29 heavy (non-hydrogen) atoms. The Bertz CT molecular complexity index is 738. The summed E-state index contributed by atoms with van der Waals surface area (Å²) in [5.74, 6) is 0.0365. The van der Waals surface area contributed by atoms with Crippen LogP contribution in [-0.2, 0) is 15.5 Å². The fourth-order valence-corrected chi connectivity index (χ4v) is 9.06. The van der Waals surface area contributed by atoms with Crippen LogP contribution in [-0.4, -0.2) is 29.4 Å². The molecule has 2 rings (SSSR count). The maximum atomic E-state index is 11.2. The Morgan fingerprint density at radius 1 is 1.07 bits per heavy atom. The molecule has 2 aromatic rings. The summed E-state index contributed by atoms with van der Waals surface area (Å²) in [6.45, 7) is 13.0. The molecule has 0 N–H and O–H groups in total. The van der Waals surface area contributed by atoms with Crippen LogP contribution in [0.25, 0.3) is 0 Å². The average Bonchev–Trinajstić information content (AvgIpc) is 2.65. The smallest absolute Gasteiger partial charge is 0.772 e. The van der Waals surface area contributed by atoms with Crippen molar-refractivity contribution in [3.8, 4) is 0 Å². The van der Waals surface area contributed by atoms with E-state index in [-0.39, 0.29) is 52.2 Å².